The molecule has 2 aromatic carbocycles. The third kappa shape index (κ3) is 5.79. The number of benzene rings is 2. The fraction of sp³-hybridized carbons (Fsp3) is 0.222. The highest BCUT2D eigenvalue weighted by atomic mass is 16.2. The molecule has 0 aromatic heterocycles. The van der Waals surface area contributed by atoms with Crippen LogP contribution in [-0.2, 0) is 16.1 Å². The molecule has 2 amide bonds. The molecule has 2 rings (SSSR count). The van der Waals surface area contributed by atoms with Crippen LogP contribution in [0.5, 0.6) is 0 Å². The van der Waals surface area contributed by atoms with E-state index in [1.807, 2.05) is 60.7 Å². The molecule has 0 aliphatic heterocycles. The molecule has 4 nitrogen and oxygen atoms in total. The van der Waals surface area contributed by atoms with Gasteiger partial charge in [0, 0.05) is 25.1 Å². The number of carbonyl (C=O) groups is 2. The molecule has 0 fully saturated rings. The van der Waals surface area contributed by atoms with Gasteiger partial charge in [0.05, 0.1) is 0 Å². The Labute approximate surface area is 130 Å². The van der Waals surface area contributed by atoms with Gasteiger partial charge in [0.2, 0.25) is 11.8 Å². The number of carbonyl (C=O) groups excluding carboxylic acids is 2. The van der Waals surface area contributed by atoms with Crippen molar-refractivity contribution in [3.05, 3.63) is 66.2 Å². The number of amides is 2. The summed E-state index contributed by atoms with van der Waals surface area (Å²) in [7, 11) is 0. The van der Waals surface area contributed by atoms with Gasteiger partial charge < -0.3 is 10.6 Å². The summed E-state index contributed by atoms with van der Waals surface area (Å²) in [6.07, 6.45) is 1.24. The van der Waals surface area contributed by atoms with E-state index < -0.39 is 0 Å². The first-order chi connectivity index (χ1) is 10.7. The highest BCUT2D eigenvalue weighted by Gasteiger charge is 2.05. The van der Waals surface area contributed by atoms with Gasteiger partial charge in [-0.3, -0.25) is 9.59 Å². The molecule has 22 heavy (non-hydrogen) atoms. The van der Waals surface area contributed by atoms with Crippen LogP contribution in [0.4, 0.5) is 5.69 Å². The van der Waals surface area contributed by atoms with Gasteiger partial charge in [-0.15, -0.1) is 0 Å². The Kier molecular flexibility index (Phi) is 6.18. The van der Waals surface area contributed by atoms with E-state index in [4.69, 9.17) is 0 Å². The van der Waals surface area contributed by atoms with Crippen LogP contribution in [0.25, 0.3) is 0 Å². The minimum Gasteiger partial charge on any atom is -0.352 e. The standard InChI is InChI=1S/C18H20N2O2/c21-17(19-14-15-8-3-1-4-9-15)12-7-13-18(22)20-16-10-5-2-6-11-16/h1-6,8-11H,7,12-14H2,(H,19,21)(H,20,22). The Hall–Kier alpha value is -2.62. The van der Waals surface area contributed by atoms with E-state index in [0.717, 1.165) is 11.3 Å². The number of rotatable bonds is 7. The molecule has 0 aliphatic rings. The molecule has 0 spiro atoms. The lowest BCUT2D eigenvalue weighted by Crippen LogP contribution is -2.22. The third-order valence-electron chi connectivity index (χ3n) is 3.20. The highest BCUT2D eigenvalue weighted by Crippen LogP contribution is 2.07. The maximum Gasteiger partial charge on any atom is 0.224 e. The average Bonchev–Trinajstić information content (AvgIpc) is 2.55. The molecular weight excluding hydrogens is 276 g/mol. The summed E-state index contributed by atoms with van der Waals surface area (Å²) in [5.41, 5.74) is 1.85. The first-order valence-corrected chi connectivity index (χ1v) is 7.39. The summed E-state index contributed by atoms with van der Waals surface area (Å²) in [6, 6.07) is 19.1. The number of anilines is 1. The normalized spacial score (nSPS) is 10.0. The molecule has 0 saturated heterocycles. The Morgan fingerprint density at radius 1 is 0.773 bits per heavy atom. The summed E-state index contributed by atoms with van der Waals surface area (Å²) in [4.78, 5) is 23.4. The molecule has 0 bridgehead atoms. The Morgan fingerprint density at radius 3 is 2.05 bits per heavy atom. The van der Waals surface area contributed by atoms with Gasteiger partial charge in [-0.05, 0) is 24.1 Å². The summed E-state index contributed by atoms with van der Waals surface area (Å²) < 4.78 is 0. The zero-order chi connectivity index (χ0) is 15.6. The monoisotopic (exact) mass is 296 g/mol. The van der Waals surface area contributed by atoms with E-state index in [1.54, 1.807) is 0 Å². The summed E-state index contributed by atoms with van der Waals surface area (Å²) in [5.74, 6) is -0.0987. The fourth-order valence-electron chi connectivity index (χ4n) is 2.04. The van der Waals surface area contributed by atoms with Crippen LogP contribution in [0.3, 0.4) is 0 Å². The van der Waals surface area contributed by atoms with Crippen molar-refractivity contribution in [2.45, 2.75) is 25.8 Å². The number of para-hydroxylation sites is 1. The molecular formula is C18H20N2O2. The zero-order valence-electron chi connectivity index (χ0n) is 12.4. The highest BCUT2D eigenvalue weighted by molar-refractivity contribution is 5.90. The SMILES string of the molecule is O=C(CCCC(=O)Nc1ccccc1)NCc1ccccc1. The summed E-state index contributed by atoms with van der Waals surface area (Å²) in [5, 5.41) is 5.65. The van der Waals surface area contributed by atoms with E-state index in [-0.39, 0.29) is 11.8 Å². The van der Waals surface area contributed by atoms with Crippen molar-refractivity contribution in [3.8, 4) is 0 Å². The topological polar surface area (TPSA) is 58.2 Å². The van der Waals surface area contributed by atoms with Gasteiger partial charge in [0.1, 0.15) is 0 Å². The second kappa shape index (κ2) is 8.62. The van der Waals surface area contributed by atoms with Crippen LogP contribution in [-0.4, -0.2) is 11.8 Å². The molecule has 0 aliphatic carbocycles. The van der Waals surface area contributed by atoms with Gasteiger partial charge in [-0.2, -0.15) is 0 Å². The fourth-order valence-corrected chi connectivity index (χ4v) is 2.04. The van der Waals surface area contributed by atoms with Crippen LogP contribution in [0.15, 0.2) is 60.7 Å². The minimum atomic E-state index is -0.0675. The first kappa shape index (κ1) is 15.8. The number of hydrogen-bond donors (Lipinski definition) is 2. The van der Waals surface area contributed by atoms with E-state index in [1.165, 1.54) is 0 Å². The predicted octanol–water partition coefficient (Wildman–Crippen LogP) is 3.11. The third-order valence-corrected chi connectivity index (χ3v) is 3.20. The van der Waals surface area contributed by atoms with Crippen LogP contribution >= 0.6 is 0 Å². The van der Waals surface area contributed by atoms with Crippen molar-refractivity contribution in [2.24, 2.45) is 0 Å². The summed E-state index contributed by atoms with van der Waals surface area (Å²) in [6.45, 7) is 0.524. The van der Waals surface area contributed by atoms with Gasteiger partial charge in [-0.25, -0.2) is 0 Å². The second-order valence-electron chi connectivity index (χ2n) is 5.03. The van der Waals surface area contributed by atoms with Crippen molar-refractivity contribution in [1.82, 2.24) is 5.32 Å². The van der Waals surface area contributed by atoms with Gasteiger partial charge >= 0.3 is 0 Å². The second-order valence-corrected chi connectivity index (χ2v) is 5.03. The maximum atomic E-state index is 11.7. The Balaban J connectivity index is 1.61. The average molecular weight is 296 g/mol. The molecule has 0 saturated carbocycles. The molecule has 2 aromatic rings. The van der Waals surface area contributed by atoms with Crippen LogP contribution < -0.4 is 10.6 Å². The number of hydrogen-bond acceptors (Lipinski definition) is 2. The molecule has 0 unspecified atom stereocenters. The first-order valence-electron chi connectivity index (χ1n) is 7.39. The predicted molar refractivity (Wildman–Crippen MR) is 87.2 cm³/mol. The molecule has 0 radical (unpaired) electrons. The quantitative estimate of drug-likeness (QED) is 0.825. The van der Waals surface area contributed by atoms with E-state index in [0.29, 0.717) is 25.8 Å². The van der Waals surface area contributed by atoms with Crippen molar-refractivity contribution < 1.29 is 9.59 Å². The van der Waals surface area contributed by atoms with Crippen molar-refractivity contribution in [1.29, 1.82) is 0 Å². The molecule has 0 heterocycles. The Morgan fingerprint density at radius 2 is 1.36 bits per heavy atom. The van der Waals surface area contributed by atoms with Crippen molar-refractivity contribution in [3.63, 3.8) is 0 Å². The lowest BCUT2D eigenvalue weighted by molar-refractivity contribution is -0.121. The lowest BCUT2D eigenvalue weighted by Gasteiger charge is -2.06. The Bertz CT molecular complexity index is 597. The van der Waals surface area contributed by atoms with Crippen molar-refractivity contribution in [2.75, 3.05) is 5.32 Å². The molecule has 114 valence electrons. The summed E-state index contributed by atoms with van der Waals surface area (Å²) >= 11 is 0. The van der Waals surface area contributed by atoms with E-state index in [2.05, 4.69) is 10.6 Å². The lowest BCUT2D eigenvalue weighted by atomic mass is 10.2. The van der Waals surface area contributed by atoms with E-state index in [9.17, 15) is 9.59 Å². The smallest absolute Gasteiger partial charge is 0.224 e. The molecule has 4 heteroatoms. The van der Waals surface area contributed by atoms with Crippen LogP contribution in [0.1, 0.15) is 24.8 Å². The van der Waals surface area contributed by atoms with Gasteiger partial charge in [-0.1, -0.05) is 48.5 Å². The molecule has 0 atom stereocenters. The van der Waals surface area contributed by atoms with E-state index >= 15 is 0 Å². The van der Waals surface area contributed by atoms with Crippen molar-refractivity contribution >= 4 is 17.5 Å². The largest absolute Gasteiger partial charge is 0.352 e. The van der Waals surface area contributed by atoms with Gasteiger partial charge in [0.25, 0.3) is 0 Å². The minimum absolute atomic E-state index is 0.0311. The van der Waals surface area contributed by atoms with Gasteiger partial charge in [0.15, 0.2) is 0 Å². The van der Waals surface area contributed by atoms with Crippen LogP contribution in [0, 0.1) is 0 Å². The maximum absolute atomic E-state index is 11.7. The molecule has 2 N–H and O–H groups in total. The van der Waals surface area contributed by atoms with Crippen LogP contribution in [0.2, 0.25) is 0 Å². The zero-order valence-corrected chi connectivity index (χ0v) is 12.4. The number of nitrogens with one attached hydrogen (secondary N) is 2.